The van der Waals surface area contributed by atoms with Crippen molar-refractivity contribution in [2.45, 2.75) is 13.0 Å². The first-order valence-electron chi connectivity index (χ1n) is 4.22. The fourth-order valence-electron chi connectivity index (χ4n) is 1.27. The van der Waals surface area contributed by atoms with Gasteiger partial charge in [0.1, 0.15) is 0 Å². The van der Waals surface area contributed by atoms with Crippen LogP contribution in [0.5, 0.6) is 0 Å². The van der Waals surface area contributed by atoms with E-state index in [1.165, 1.54) is 22.9 Å². The van der Waals surface area contributed by atoms with Crippen molar-refractivity contribution in [2.24, 2.45) is 5.84 Å². The Hall–Kier alpha value is -0.530. The fraction of sp³-hybridized carbons (Fsp3) is 0.250. The van der Waals surface area contributed by atoms with Crippen LogP contribution in [0.25, 0.3) is 0 Å². The van der Waals surface area contributed by atoms with Crippen molar-refractivity contribution in [2.75, 3.05) is 0 Å². The van der Waals surface area contributed by atoms with Crippen LogP contribution in [-0.2, 0) is 0 Å². The molecule has 0 aromatic carbocycles. The minimum Gasteiger partial charge on any atom is -0.271 e. The van der Waals surface area contributed by atoms with Crippen molar-refractivity contribution < 1.29 is 0 Å². The van der Waals surface area contributed by atoms with Crippen LogP contribution in [0.2, 0.25) is 4.34 Å². The molecule has 7 heteroatoms. The van der Waals surface area contributed by atoms with Crippen molar-refractivity contribution in [3.05, 3.63) is 31.9 Å². The van der Waals surface area contributed by atoms with Crippen LogP contribution in [0.4, 0.5) is 0 Å². The highest BCUT2D eigenvalue weighted by molar-refractivity contribution is 7.16. The van der Waals surface area contributed by atoms with Crippen LogP contribution < -0.4 is 11.3 Å². The monoisotopic (exact) mass is 260 g/mol. The molecule has 0 bridgehead atoms. The Labute approximate surface area is 100 Å². The Morgan fingerprint density at radius 2 is 2.33 bits per heavy atom. The Morgan fingerprint density at radius 3 is 2.80 bits per heavy atom. The van der Waals surface area contributed by atoms with Crippen LogP contribution in [0.15, 0.2) is 12.1 Å². The van der Waals surface area contributed by atoms with Gasteiger partial charge in [-0.25, -0.2) is 5.43 Å². The average molecular weight is 261 g/mol. The maximum Gasteiger partial charge on any atom is 0.0931 e. The number of nitrogens with zero attached hydrogens (tertiary/aromatic N) is 2. The van der Waals surface area contributed by atoms with Gasteiger partial charge in [0.2, 0.25) is 0 Å². The van der Waals surface area contributed by atoms with E-state index in [0.29, 0.717) is 0 Å². The molecule has 1 unspecified atom stereocenters. The first-order valence-corrected chi connectivity index (χ1v) is 6.19. The normalized spacial score (nSPS) is 13.0. The summed E-state index contributed by atoms with van der Waals surface area (Å²) in [5.74, 6) is 5.54. The average Bonchev–Trinajstić information content (AvgIpc) is 2.79. The number of halogens is 1. The van der Waals surface area contributed by atoms with E-state index >= 15 is 0 Å². The van der Waals surface area contributed by atoms with E-state index < -0.39 is 0 Å². The SMILES string of the molecule is Cc1nnsc1C(NN)c1ccc(Cl)s1. The highest BCUT2D eigenvalue weighted by Gasteiger charge is 2.19. The number of nitrogens with two attached hydrogens (primary N) is 1. The number of hydrogen-bond acceptors (Lipinski definition) is 6. The van der Waals surface area contributed by atoms with E-state index in [-0.39, 0.29) is 6.04 Å². The van der Waals surface area contributed by atoms with Gasteiger partial charge in [0, 0.05) is 4.88 Å². The van der Waals surface area contributed by atoms with Crippen LogP contribution in [-0.4, -0.2) is 9.59 Å². The van der Waals surface area contributed by atoms with Gasteiger partial charge >= 0.3 is 0 Å². The Bertz CT molecular complexity index is 453. The molecule has 2 heterocycles. The molecule has 2 aromatic heterocycles. The number of hydrogen-bond donors (Lipinski definition) is 2. The molecule has 0 aliphatic rings. The Kier molecular flexibility index (Phi) is 3.32. The fourth-order valence-corrected chi connectivity index (χ4v) is 3.20. The molecule has 0 spiro atoms. The number of aromatic nitrogens is 2. The lowest BCUT2D eigenvalue weighted by atomic mass is 10.2. The molecular formula is C8H9ClN4S2. The second-order valence-corrected chi connectivity index (χ2v) is 5.50. The largest absolute Gasteiger partial charge is 0.271 e. The third-order valence-electron chi connectivity index (χ3n) is 1.99. The summed E-state index contributed by atoms with van der Waals surface area (Å²) < 4.78 is 4.64. The molecule has 0 saturated heterocycles. The van der Waals surface area contributed by atoms with Gasteiger partial charge in [0.25, 0.3) is 0 Å². The molecule has 80 valence electrons. The number of hydrazine groups is 1. The maximum atomic E-state index is 5.88. The zero-order valence-electron chi connectivity index (χ0n) is 7.90. The van der Waals surface area contributed by atoms with Crippen molar-refractivity contribution >= 4 is 34.5 Å². The number of nitrogens with one attached hydrogen (secondary N) is 1. The molecule has 2 rings (SSSR count). The molecule has 1 atom stereocenters. The van der Waals surface area contributed by atoms with E-state index in [9.17, 15) is 0 Å². The van der Waals surface area contributed by atoms with E-state index in [1.54, 1.807) is 0 Å². The zero-order chi connectivity index (χ0) is 10.8. The van der Waals surface area contributed by atoms with Gasteiger partial charge in [-0.2, -0.15) is 0 Å². The molecule has 0 aliphatic carbocycles. The van der Waals surface area contributed by atoms with Gasteiger partial charge in [0.05, 0.1) is 20.9 Å². The molecular weight excluding hydrogens is 252 g/mol. The summed E-state index contributed by atoms with van der Waals surface area (Å²) in [6, 6.07) is 3.74. The third-order valence-corrected chi connectivity index (χ3v) is 4.18. The second kappa shape index (κ2) is 4.54. The van der Waals surface area contributed by atoms with Gasteiger partial charge in [0.15, 0.2) is 0 Å². The van der Waals surface area contributed by atoms with E-state index in [2.05, 4.69) is 15.0 Å². The number of thiophene rings is 1. The summed E-state index contributed by atoms with van der Waals surface area (Å²) in [4.78, 5) is 2.09. The van der Waals surface area contributed by atoms with Crippen molar-refractivity contribution in [1.82, 2.24) is 15.0 Å². The minimum absolute atomic E-state index is 0.0671. The smallest absolute Gasteiger partial charge is 0.0931 e. The Balaban J connectivity index is 2.36. The van der Waals surface area contributed by atoms with Crippen LogP contribution in [0, 0.1) is 6.92 Å². The highest BCUT2D eigenvalue weighted by Crippen LogP contribution is 2.32. The molecule has 0 fully saturated rings. The standard InChI is InChI=1S/C8H9ClN4S2/c1-4-8(15-13-12-4)7(11-10)5-2-3-6(9)14-5/h2-3,7,11H,10H2,1H3. The minimum atomic E-state index is -0.0671. The zero-order valence-corrected chi connectivity index (χ0v) is 10.3. The molecule has 0 aliphatic heterocycles. The summed E-state index contributed by atoms with van der Waals surface area (Å²) >= 11 is 8.73. The first kappa shape index (κ1) is 11.0. The van der Waals surface area contributed by atoms with Crippen LogP contribution >= 0.6 is 34.5 Å². The quantitative estimate of drug-likeness (QED) is 0.655. The van der Waals surface area contributed by atoms with Crippen LogP contribution in [0.1, 0.15) is 21.5 Å². The van der Waals surface area contributed by atoms with Gasteiger partial charge in [-0.15, -0.1) is 16.4 Å². The van der Waals surface area contributed by atoms with E-state index in [4.69, 9.17) is 17.4 Å². The van der Waals surface area contributed by atoms with Crippen molar-refractivity contribution in [1.29, 1.82) is 0 Å². The van der Waals surface area contributed by atoms with Crippen molar-refractivity contribution in [3.8, 4) is 0 Å². The lowest BCUT2D eigenvalue weighted by Gasteiger charge is -2.11. The highest BCUT2D eigenvalue weighted by atomic mass is 35.5. The summed E-state index contributed by atoms with van der Waals surface area (Å²) in [5.41, 5.74) is 3.65. The van der Waals surface area contributed by atoms with Gasteiger partial charge < -0.3 is 0 Å². The summed E-state index contributed by atoms with van der Waals surface area (Å²) in [6.45, 7) is 1.92. The van der Waals surface area contributed by atoms with E-state index in [1.807, 2.05) is 19.1 Å². The number of aryl methyl sites for hydroxylation is 1. The van der Waals surface area contributed by atoms with Crippen molar-refractivity contribution in [3.63, 3.8) is 0 Å². The molecule has 0 amide bonds. The first-order chi connectivity index (χ1) is 7.22. The number of rotatable bonds is 3. The van der Waals surface area contributed by atoms with Gasteiger partial charge in [-0.3, -0.25) is 5.84 Å². The summed E-state index contributed by atoms with van der Waals surface area (Å²) in [6.07, 6.45) is 0. The molecule has 2 aromatic rings. The summed E-state index contributed by atoms with van der Waals surface area (Å²) in [5, 5.41) is 3.96. The second-order valence-electron chi connectivity index (χ2n) is 2.96. The molecule has 15 heavy (non-hydrogen) atoms. The topological polar surface area (TPSA) is 63.8 Å². The maximum absolute atomic E-state index is 5.88. The lowest BCUT2D eigenvalue weighted by Crippen LogP contribution is -2.28. The van der Waals surface area contributed by atoms with Gasteiger partial charge in [-0.1, -0.05) is 16.1 Å². The Morgan fingerprint density at radius 1 is 1.53 bits per heavy atom. The molecule has 0 radical (unpaired) electrons. The van der Waals surface area contributed by atoms with Crippen LogP contribution in [0.3, 0.4) is 0 Å². The molecule has 3 N–H and O–H groups in total. The third kappa shape index (κ3) is 2.19. The van der Waals surface area contributed by atoms with Gasteiger partial charge in [-0.05, 0) is 30.6 Å². The molecule has 0 saturated carbocycles. The molecule has 4 nitrogen and oxygen atoms in total. The predicted molar refractivity (Wildman–Crippen MR) is 63.1 cm³/mol. The summed E-state index contributed by atoms with van der Waals surface area (Å²) in [7, 11) is 0. The van der Waals surface area contributed by atoms with E-state index in [0.717, 1.165) is 19.8 Å². The predicted octanol–water partition coefficient (Wildman–Crippen LogP) is 2.11. The lowest BCUT2D eigenvalue weighted by molar-refractivity contribution is 0.651.